The van der Waals surface area contributed by atoms with Gasteiger partial charge in [-0.2, -0.15) is 0 Å². The monoisotopic (exact) mass is 405 g/mol. The van der Waals surface area contributed by atoms with Crippen molar-refractivity contribution in [3.63, 3.8) is 0 Å². The average molecular weight is 405 g/mol. The molecule has 1 fully saturated rings. The van der Waals surface area contributed by atoms with Gasteiger partial charge in [0.05, 0.1) is 26.4 Å². The van der Waals surface area contributed by atoms with Crippen molar-refractivity contribution >= 4 is 34.7 Å². The first-order chi connectivity index (χ1) is 10.1. The average Bonchev–Trinajstić information content (AvgIpc) is 2.87. The predicted octanol–water partition coefficient (Wildman–Crippen LogP) is 1.66. The van der Waals surface area contributed by atoms with Crippen LogP contribution in [0.5, 0.6) is 0 Å². The zero-order chi connectivity index (χ0) is 15.2. The number of amides is 1. The van der Waals surface area contributed by atoms with Crippen LogP contribution in [-0.2, 0) is 25.6 Å². The SMILES string of the molecule is COC(=O)[C@@H](I)[C@H]1OC(=O)N[C@@H]1COCc1ccccc1. The third-order valence-electron chi connectivity index (χ3n) is 3.07. The quantitative estimate of drug-likeness (QED) is 0.443. The minimum atomic E-state index is -0.596. The number of alkyl halides is 1. The fourth-order valence-corrected chi connectivity index (χ4v) is 2.90. The lowest BCUT2D eigenvalue weighted by Crippen LogP contribution is -2.43. The molecule has 3 atom stereocenters. The van der Waals surface area contributed by atoms with Crippen molar-refractivity contribution in [3.8, 4) is 0 Å². The van der Waals surface area contributed by atoms with E-state index in [1.165, 1.54) is 7.11 Å². The molecule has 1 aromatic carbocycles. The number of methoxy groups -OCH3 is 1. The van der Waals surface area contributed by atoms with E-state index in [1.807, 2.05) is 52.9 Å². The number of benzene rings is 1. The van der Waals surface area contributed by atoms with Crippen LogP contribution in [0.15, 0.2) is 30.3 Å². The highest BCUT2D eigenvalue weighted by Gasteiger charge is 2.42. The first-order valence-corrected chi connectivity index (χ1v) is 7.67. The lowest BCUT2D eigenvalue weighted by Gasteiger charge is -2.20. The van der Waals surface area contributed by atoms with E-state index in [0.717, 1.165) is 5.56 Å². The van der Waals surface area contributed by atoms with Gasteiger partial charge in [-0.15, -0.1) is 0 Å². The highest BCUT2D eigenvalue weighted by Crippen LogP contribution is 2.21. The van der Waals surface area contributed by atoms with Gasteiger partial charge in [-0.25, -0.2) is 4.79 Å². The molecule has 1 N–H and O–H groups in total. The van der Waals surface area contributed by atoms with Gasteiger partial charge in [0, 0.05) is 0 Å². The Kier molecular flexibility index (Phi) is 5.80. The van der Waals surface area contributed by atoms with E-state index in [0.29, 0.717) is 6.61 Å². The molecule has 6 nitrogen and oxygen atoms in total. The number of carbonyl (C=O) groups is 2. The molecule has 0 saturated carbocycles. The normalized spacial score (nSPS) is 22.3. The van der Waals surface area contributed by atoms with Crippen molar-refractivity contribution < 1.29 is 23.8 Å². The van der Waals surface area contributed by atoms with Crippen molar-refractivity contribution in [2.45, 2.75) is 22.7 Å². The zero-order valence-electron chi connectivity index (χ0n) is 11.5. The minimum Gasteiger partial charge on any atom is -0.468 e. The number of nitrogens with one attached hydrogen (secondary N) is 1. The van der Waals surface area contributed by atoms with Gasteiger partial charge in [0.15, 0.2) is 0 Å². The van der Waals surface area contributed by atoms with Gasteiger partial charge in [-0.3, -0.25) is 4.79 Å². The number of halogens is 1. The number of hydrogen-bond donors (Lipinski definition) is 1. The van der Waals surface area contributed by atoms with Gasteiger partial charge in [0.1, 0.15) is 10.0 Å². The number of cyclic esters (lactones) is 1. The van der Waals surface area contributed by atoms with Crippen LogP contribution in [0.3, 0.4) is 0 Å². The molecule has 0 spiro atoms. The Morgan fingerprint density at radius 1 is 1.43 bits per heavy atom. The first-order valence-electron chi connectivity index (χ1n) is 6.42. The third-order valence-corrected chi connectivity index (χ3v) is 4.28. The van der Waals surface area contributed by atoms with Crippen LogP contribution < -0.4 is 5.32 Å². The molecule has 0 bridgehead atoms. The van der Waals surface area contributed by atoms with Crippen molar-refractivity contribution in [2.75, 3.05) is 13.7 Å². The molecule has 1 aromatic rings. The highest BCUT2D eigenvalue weighted by atomic mass is 127. The Balaban J connectivity index is 1.88. The highest BCUT2D eigenvalue weighted by molar-refractivity contribution is 14.1. The summed E-state index contributed by atoms with van der Waals surface area (Å²) in [7, 11) is 1.30. The number of carbonyl (C=O) groups excluding carboxylic acids is 2. The summed E-state index contributed by atoms with van der Waals surface area (Å²) < 4.78 is 14.8. The summed E-state index contributed by atoms with van der Waals surface area (Å²) in [5.41, 5.74) is 1.04. The van der Waals surface area contributed by atoms with E-state index in [9.17, 15) is 9.59 Å². The summed E-state index contributed by atoms with van der Waals surface area (Å²) in [6.07, 6.45) is -1.14. The lowest BCUT2D eigenvalue weighted by atomic mass is 10.1. The van der Waals surface area contributed by atoms with E-state index in [2.05, 4.69) is 10.1 Å². The van der Waals surface area contributed by atoms with E-state index in [4.69, 9.17) is 9.47 Å². The summed E-state index contributed by atoms with van der Waals surface area (Å²) in [6.45, 7) is 0.700. The van der Waals surface area contributed by atoms with Gasteiger partial charge in [-0.05, 0) is 5.56 Å². The number of rotatable bonds is 6. The zero-order valence-corrected chi connectivity index (χ0v) is 13.6. The standard InChI is InChI=1S/C14H16INO5/c1-19-13(17)11(15)12-10(16-14(18)21-12)8-20-7-9-5-3-2-4-6-9/h2-6,10-12H,7-8H2,1H3,(H,16,18)/t10-,11+,12+/m1/s1. The van der Waals surface area contributed by atoms with Crippen LogP contribution >= 0.6 is 22.6 Å². The molecular formula is C14H16INO5. The molecule has 1 aliphatic heterocycles. The topological polar surface area (TPSA) is 73.9 Å². The number of hydrogen-bond acceptors (Lipinski definition) is 5. The van der Waals surface area contributed by atoms with Crippen LogP contribution in [-0.4, -0.2) is 41.8 Å². The van der Waals surface area contributed by atoms with Crippen molar-refractivity contribution in [2.24, 2.45) is 0 Å². The van der Waals surface area contributed by atoms with E-state index in [-0.39, 0.29) is 12.6 Å². The van der Waals surface area contributed by atoms with Crippen LogP contribution in [0.4, 0.5) is 4.79 Å². The second-order valence-corrected chi connectivity index (χ2v) is 5.89. The maximum atomic E-state index is 11.6. The Bertz CT molecular complexity index is 495. The largest absolute Gasteiger partial charge is 0.468 e. The Labute approximate surface area is 136 Å². The molecule has 0 unspecified atom stereocenters. The van der Waals surface area contributed by atoms with Crippen LogP contribution in [0.25, 0.3) is 0 Å². The van der Waals surface area contributed by atoms with Crippen LogP contribution in [0.2, 0.25) is 0 Å². The molecule has 1 saturated heterocycles. The maximum Gasteiger partial charge on any atom is 0.407 e. The summed E-state index contributed by atoms with van der Waals surface area (Å²) >= 11 is 1.91. The molecular weight excluding hydrogens is 389 g/mol. The molecule has 1 aliphatic rings. The van der Waals surface area contributed by atoms with E-state index in [1.54, 1.807) is 0 Å². The summed E-state index contributed by atoms with van der Waals surface area (Å²) in [4.78, 5) is 22.9. The summed E-state index contributed by atoms with van der Waals surface area (Å²) in [5.74, 6) is -0.426. The molecule has 0 aromatic heterocycles. The fourth-order valence-electron chi connectivity index (χ4n) is 2.00. The van der Waals surface area contributed by atoms with Gasteiger partial charge in [-0.1, -0.05) is 52.9 Å². The number of alkyl carbamates (subject to hydrolysis) is 1. The first kappa shape index (κ1) is 16.0. The van der Waals surface area contributed by atoms with Gasteiger partial charge in [0.25, 0.3) is 0 Å². The predicted molar refractivity (Wildman–Crippen MR) is 83.1 cm³/mol. The third kappa shape index (κ3) is 4.31. The summed E-state index contributed by atoms with van der Waals surface area (Å²) in [6, 6.07) is 9.33. The van der Waals surface area contributed by atoms with Gasteiger partial charge >= 0.3 is 12.1 Å². The Morgan fingerprint density at radius 2 is 2.14 bits per heavy atom. The smallest absolute Gasteiger partial charge is 0.407 e. The minimum absolute atomic E-state index is 0.266. The lowest BCUT2D eigenvalue weighted by molar-refractivity contribution is -0.141. The van der Waals surface area contributed by atoms with E-state index < -0.39 is 22.1 Å². The fraction of sp³-hybridized carbons (Fsp3) is 0.429. The maximum absolute atomic E-state index is 11.6. The van der Waals surface area contributed by atoms with Gasteiger partial charge in [0.2, 0.25) is 0 Å². The Hall–Kier alpha value is -1.35. The van der Waals surface area contributed by atoms with Crippen molar-refractivity contribution in [3.05, 3.63) is 35.9 Å². The molecule has 1 amide bonds. The van der Waals surface area contributed by atoms with Crippen LogP contribution in [0.1, 0.15) is 5.56 Å². The molecule has 114 valence electrons. The Morgan fingerprint density at radius 3 is 2.81 bits per heavy atom. The number of esters is 1. The second-order valence-electron chi connectivity index (χ2n) is 4.55. The number of ether oxygens (including phenoxy) is 3. The molecule has 21 heavy (non-hydrogen) atoms. The molecule has 7 heteroatoms. The molecule has 2 rings (SSSR count). The van der Waals surface area contributed by atoms with Crippen molar-refractivity contribution in [1.29, 1.82) is 0 Å². The van der Waals surface area contributed by atoms with Gasteiger partial charge < -0.3 is 19.5 Å². The van der Waals surface area contributed by atoms with Crippen molar-refractivity contribution in [1.82, 2.24) is 5.32 Å². The second kappa shape index (κ2) is 7.60. The summed E-state index contributed by atoms with van der Waals surface area (Å²) in [5, 5.41) is 2.65. The van der Waals surface area contributed by atoms with Crippen LogP contribution in [0, 0.1) is 0 Å². The molecule has 0 radical (unpaired) electrons. The van der Waals surface area contributed by atoms with E-state index >= 15 is 0 Å². The molecule has 1 heterocycles. The molecule has 0 aliphatic carbocycles.